The van der Waals surface area contributed by atoms with Crippen LogP contribution in [0.15, 0.2) is 29.2 Å². The lowest BCUT2D eigenvalue weighted by molar-refractivity contribution is 0.0683. The topological polar surface area (TPSA) is 63.7 Å². The lowest BCUT2D eigenvalue weighted by Crippen LogP contribution is -2.39. The molecule has 0 aliphatic carbocycles. The molecule has 0 radical (unpaired) electrons. The van der Waals surface area contributed by atoms with Crippen LogP contribution in [-0.2, 0) is 14.6 Å². The van der Waals surface area contributed by atoms with Gasteiger partial charge in [-0.15, -0.1) is 0 Å². The van der Waals surface area contributed by atoms with E-state index in [1.54, 1.807) is 12.1 Å². The Morgan fingerprint density at radius 3 is 2.59 bits per heavy atom. The Morgan fingerprint density at radius 2 is 2.00 bits per heavy atom. The number of hydrogen-bond acceptors (Lipinski definition) is 4. The standard InChI is InChI=1S/C16H23NO4S/c1-13-4-3-9-17(12-13)16(18)14-5-7-15(8-6-14)22(19,20)11-10-21-2/h5-8,13H,3-4,9-12H2,1-2H3. The molecule has 2 rings (SSSR count). The Balaban J connectivity index is 2.10. The first-order valence-electron chi connectivity index (χ1n) is 7.55. The molecular weight excluding hydrogens is 302 g/mol. The van der Waals surface area contributed by atoms with Crippen LogP contribution in [-0.4, -0.2) is 51.8 Å². The molecular formula is C16H23NO4S. The Kier molecular flexibility index (Phi) is 5.58. The highest BCUT2D eigenvalue weighted by molar-refractivity contribution is 7.91. The van der Waals surface area contributed by atoms with E-state index < -0.39 is 9.84 Å². The average Bonchev–Trinajstić information content (AvgIpc) is 2.52. The van der Waals surface area contributed by atoms with Crippen molar-refractivity contribution in [2.24, 2.45) is 5.92 Å². The van der Waals surface area contributed by atoms with Gasteiger partial charge < -0.3 is 9.64 Å². The summed E-state index contributed by atoms with van der Waals surface area (Å²) in [4.78, 5) is 14.5. The molecule has 0 bridgehead atoms. The molecule has 1 heterocycles. The molecule has 1 unspecified atom stereocenters. The highest BCUT2D eigenvalue weighted by Gasteiger charge is 2.22. The van der Waals surface area contributed by atoms with Crippen LogP contribution in [0, 0.1) is 5.92 Å². The van der Waals surface area contributed by atoms with Gasteiger partial charge in [0, 0.05) is 25.8 Å². The number of rotatable bonds is 5. The zero-order valence-corrected chi connectivity index (χ0v) is 13.9. The van der Waals surface area contributed by atoms with Crippen molar-refractivity contribution in [2.45, 2.75) is 24.7 Å². The molecule has 0 saturated carbocycles. The average molecular weight is 325 g/mol. The number of sulfone groups is 1. The van der Waals surface area contributed by atoms with E-state index >= 15 is 0 Å². The summed E-state index contributed by atoms with van der Waals surface area (Å²) in [6.45, 7) is 3.85. The van der Waals surface area contributed by atoms with Crippen molar-refractivity contribution in [1.82, 2.24) is 4.90 Å². The number of carbonyl (C=O) groups excluding carboxylic acids is 1. The zero-order chi connectivity index (χ0) is 16.2. The Bertz CT molecular complexity index is 610. The van der Waals surface area contributed by atoms with Gasteiger partial charge in [0.2, 0.25) is 0 Å². The first-order chi connectivity index (χ1) is 10.4. The molecule has 0 aromatic heterocycles. The number of carbonyl (C=O) groups is 1. The highest BCUT2D eigenvalue weighted by atomic mass is 32.2. The SMILES string of the molecule is COCCS(=O)(=O)c1ccc(C(=O)N2CCCC(C)C2)cc1. The largest absolute Gasteiger partial charge is 0.384 e. The summed E-state index contributed by atoms with van der Waals surface area (Å²) in [5.74, 6) is 0.444. The molecule has 5 nitrogen and oxygen atoms in total. The Labute approximate surface area is 132 Å². The molecule has 6 heteroatoms. The smallest absolute Gasteiger partial charge is 0.253 e. The quantitative estimate of drug-likeness (QED) is 0.830. The minimum absolute atomic E-state index is 0.0209. The van der Waals surface area contributed by atoms with E-state index in [4.69, 9.17) is 4.74 Å². The van der Waals surface area contributed by atoms with Gasteiger partial charge in [-0.05, 0) is 43.0 Å². The number of nitrogens with zero attached hydrogens (tertiary/aromatic N) is 1. The molecule has 0 N–H and O–H groups in total. The van der Waals surface area contributed by atoms with Crippen molar-refractivity contribution in [1.29, 1.82) is 0 Å². The molecule has 0 spiro atoms. The van der Waals surface area contributed by atoms with Gasteiger partial charge in [0.25, 0.3) is 5.91 Å². The fourth-order valence-electron chi connectivity index (χ4n) is 2.67. The van der Waals surface area contributed by atoms with Crippen molar-refractivity contribution < 1.29 is 17.9 Å². The van der Waals surface area contributed by atoms with E-state index in [1.165, 1.54) is 19.2 Å². The van der Waals surface area contributed by atoms with Gasteiger partial charge in [-0.1, -0.05) is 6.92 Å². The predicted molar refractivity (Wildman–Crippen MR) is 84.7 cm³/mol. The minimum atomic E-state index is -3.35. The Hall–Kier alpha value is -1.40. The maximum absolute atomic E-state index is 12.4. The number of benzene rings is 1. The lowest BCUT2D eigenvalue weighted by Gasteiger charge is -2.31. The second kappa shape index (κ2) is 7.24. The first kappa shape index (κ1) is 17.0. The summed E-state index contributed by atoms with van der Waals surface area (Å²) in [7, 11) is -1.88. The van der Waals surface area contributed by atoms with Gasteiger partial charge in [0.05, 0.1) is 17.3 Å². The molecule has 1 fully saturated rings. The van der Waals surface area contributed by atoms with E-state index in [2.05, 4.69) is 6.92 Å². The van der Waals surface area contributed by atoms with Crippen molar-refractivity contribution in [3.8, 4) is 0 Å². The molecule has 122 valence electrons. The van der Waals surface area contributed by atoms with Crippen LogP contribution in [0.1, 0.15) is 30.1 Å². The van der Waals surface area contributed by atoms with E-state index in [0.29, 0.717) is 11.5 Å². The number of piperidine rings is 1. The van der Waals surface area contributed by atoms with E-state index in [-0.39, 0.29) is 23.2 Å². The third kappa shape index (κ3) is 4.08. The maximum Gasteiger partial charge on any atom is 0.253 e. The number of amides is 1. The molecule has 22 heavy (non-hydrogen) atoms. The monoisotopic (exact) mass is 325 g/mol. The van der Waals surface area contributed by atoms with Gasteiger partial charge >= 0.3 is 0 Å². The zero-order valence-electron chi connectivity index (χ0n) is 13.1. The van der Waals surface area contributed by atoms with Gasteiger partial charge in [-0.2, -0.15) is 0 Å². The molecule has 1 atom stereocenters. The van der Waals surface area contributed by atoms with Crippen LogP contribution in [0.2, 0.25) is 0 Å². The summed E-state index contributed by atoms with van der Waals surface area (Å²) >= 11 is 0. The summed E-state index contributed by atoms with van der Waals surface area (Å²) in [5, 5.41) is 0. The van der Waals surface area contributed by atoms with Crippen molar-refractivity contribution in [2.75, 3.05) is 32.6 Å². The van der Waals surface area contributed by atoms with Gasteiger partial charge in [0.1, 0.15) is 0 Å². The predicted octanol–water partition coefficient (Wildman–Crippen LogP) is 1.98. The third-order valence-electron chi connectivity index (χ3n) is 3.96. The molecule has 1 aromatic carbocycles. The van der Waals surface area contributed by atoms with Crippen LogP contribution in [0.5, 0.6) is 0 Å². The number of methoxy groups -OCH3 is 1. The number of hydrogen-bond donors (Lipinski definition) is 0. The van der Waals surface area contributed by atoms with E-state index in [9.17, 15) is 13.2 Å². The van der Waals surface area contributed by atoms with Crippen molar-refractivity contribution >= 4 is 15.7 Å². The third-order valence-corrected chi connectivity index (χ3v) is 5.66. The van der Waals surface area contributed by atoms with Crippen LogP contribution < -0.4 is 0 Å². The summed E-state index contributed by atoms with van der Waals surface area (Å²) < 4.78 is 28.9. The fraction of sp³-hybridized carbons (Fsp3) is 0.562. The first-order valence-corrected chi connectivity index (χ1v) is 9.20. The number of likely N-dealkylation sites (tertiary alicyclic amines) is 1. The van der Waals surface area contributed by atoms with Crippen LogP contribution in [0.25, 0.3) is 0 Å². The highest BCUT2D eigenvalue weighted by Crippen LogP contribution is 2.19. The minimum Gasteiger partial charge on any atom is -0.384 e. The van der Waals surface area contributed by atoms with Crippen LogP contribution in [0.3, 0.4) is 0 Å². The lowest BCUT2D eigenvalue weighted by atomic mass is 9.99. The maximum atomic E-state index is 12.4. The Morgan fingerprint density at radius 1 is 1.32 bits per heavy atom. The van der Waals surface area contributed by atoms with Gasteiger partial charge in [0.15, 0.2) is 9.84 Å². The second-order valence-corrected chi connectivity index (χ2v) is 7.94. The molecule has 1 aromatic rings. The normalized spacial score (nSPS) is 19.2. The van der Waals surface area contributed by atoms with Crippen LogP contribution >= 0.6 is 0 Å². The summed E-state index contributed by atoms with van der Waals surface area (Å²) in [6, 6.07) is 6.21. The summed E-state index contributed by atoms with van der Waals surface area (Å²) in [5.41, 5.74) is 0.541. The second-order valence-electron chi connectivity index (χ2n) is 5.83. The van der Waals surface area contributed by atoms with Gasteiger partial charge in [-0.3, -0.25) is 4.79 Å². The molecule has 1 amide bonds. The van der Waals surface area contributed by atoms with Crippen LogP contribution in [0.4, 0.5) is 0 Å². The summed E-state index contributed by atoms with van der Waals surface area (Å²) in [6.07, 6.45) is 2.18. The van der Waals surface area contributed by atoms with E-state index in [0.717, 1.165) is 25.9 Å². The number of ether oxygens (including phenoxy) is 1. The fourth-order valence-corrected chi connectivity index (χ4v) is 3.84. The molecule has 1 aliphatic rings. The van der Waals surface area contributed by atoms with E-state index in [1.807, 2.05) is 4.90 Å². The van der Waals surface area contributed by atoms with Gasteiger partial charge in [-0.25, -0.2) is 8.42 Å². The van der Waals surface area contributed by atoms with Crippen molar-refractivity contribution in [3.05, 3.63) is 29.8 Å². The molecule has 1 aliphatic heterocycles. The molecule has 1 saturated heterocycles. The van der Waals surface area contributed by atoms with Crippen molar-refractivity contribution in [3.63, 3.8) is 0 Å².